The van der Waals surface area contributed by atoms with E-state index in [2.05, 4.69) is 83.7 Å². The van der Waals surface area contributed by atoms with Gasteiger partial charge < -0.3 is 14.9 Å². The van der Waals surface area contributed by atoms with Crippen molar-refractivity contribution in [1.29, 1.82) is 0 Å². The van der Waals surface area contributed by atoms with Gasteiger partial charge in [-0.25, -0.2) is 9.19 Å². The van der Waals surface area contributed by atoms with Crippen LogP contribution in [-0.4, -0.2) is 30.5 Å². The molecule has 1 aliphatic heterocycles. The number of hydrogen-bond donors (Lipinski definition) is 3. The standard InChI is InChI=1S/C23H25N3O2S/c1-3-15(2)16-4-6-17(7-5-16)18-8-10-19(11-9-18)22-14-25-23(26-22)21-12-20(13-24-21)29(27)28/h3-11,14,20-21,24H,12-13H2,1-2H3,(H,25,26)(H,27,28)/b15-3+/t20-,21-/m0/s1. The highest BCUT2D eigenvalue weighted by Gasteiger charge is 2.30. The third kappa shape index (κ3) is 4.24. The van der Waals surface area contributed by atoms with Crippen LogP contribution in [0.15, 0.2) is 60.8 Å². The van der Waals surface area contributed by atoms with E-state index in [-0.39, 0.29) is 11.3 Å². The second-order valence-electron chi connectivity index (χ2n) is 7.40. The molecule has 0 saturated carbocycles. The van der Waals surface area contributed by atoms with Crippen molar-refractivity contribution >= 4 is 16.7 Å². The van der Waals surface area contributed by atoms with Crippen molar-refractivity contribution in [3.8, 4) is 22.4 Å². The van der Waals surface area contributed by atoms with Crippen molar-refractivity contribution < 1.29 is 8.76 Å². The number of hydrogen-bond acceptors (Lipinski definition) is 3. The Hall–Kier alpha value is -2.54. The molecule has 0 aliphatic carbocycles. The summed E-state index contributed by atoms with van der Waals surface area (Å²) in [4.78, 5) is 7.84. The van der Waals surface area contributed by atoms with Gasteiger partial charge in [-0.2, -0.15) is 0 Å². The van der Waals surface area contributed by atoms with Gasteiger partial charge in [0.2, 0.25) is 0 Å². The molecule has 1 aromatic heterocycles. The molecule has 29 heavy (non-hydrogen) atoms. The number of imidazole rings is 1. The van der Waals surface area contributed by atoms with Crippen molar-refractivity contribution in [1.82, 2.24) is 15.3 Å². The van der Waals surface area contributed by atoms with Crippen molar-refractivity contribution in [2.45, 2.75) is 31.6 Å². The molecule has 1 saturated heterocycles. The Balaban J connectivity index is 1.49. The van der Waals surface area contributed by atoms with Crippen LogP contribution >= 0.6 is 0 Å². The topological polar surface area (TPSA) is 78.0 Å². The van der Waals surface area contributed by atoms with Gasteiger partial charge in [-0.3, -0.25) is 0 Å². The lowest BCUT2D eigenvalue weighted by atomic mass is 10.00. The van der Waals surface area contributed by atoms with Crippen LogP contribution in [0, 0.1) is 0 Å². The van der Waals surface area contributed by atoms with Gasteiger partial charge in [-0.15, -0.1) is 0 Å². The van der Waals surface area contributed by atoms with Crippen molar-refractivity contribution in [3.05, 3.63) is 72.2 Å². The molecule has 3 N–H and O–H groups in total. The minimum atomic E-state index is -1.80. The zero-order chi connectivity index (χ0) is 20.4. The van der Waals surface area contributed by atoms with Gasteiger partial charge in [0, 0.05) is 6.54 Å². The van der Waals surface area contributed by atoms with Crippen LogP contribution in [0.4, 0.5) is 0 Å². The first-order valence-corrected chi connectivity index (χ1v) is 10.9. The molecule has 0 bridgehead atoms. The Kier molecular flexibility index (Phi) is 5.76. The molecule has 3 atom stereocenters. The normalized spacial score (nSPS) is 20.7. The first kappa shape index (κ1) is 19.8. The molecule has 1 fully saturated rings. The highest BCUT2D eigenvalue weighted by atomic mass is 32.2. The zero-order valence-corrected chi connectivity index (χ0v) is 17.4. The lowest BCUT2D eigenvalue weighted by molar-refractivity contribution is 0.548. The van der Waals surface area contributed by atoms with Gasteiger partial charge in [0.1, 0.15) is 5.82 Å². The lowest BCUT2D eigenvalue weighted by Gasteiger charge is -2.07. The molecule has 2 aromatic carbocycles. The summed E-state index contributed by atoms with van der Waals surface area (Å²) in [6.45, 7) is 4.70. The summed E-state index contributed by atoms with van der Waals surface area (Å²) >= 11 is -1.80. The fraction of sp³-hybridized carbons (Fsp3) is 0.261. The molecule has 0 radical (unpaired) electrons. The summed E-state index contributed by atoms with van der Waals surface area (Å²) in [5.41, 5.74) is 6.88. The average Bonchev–Trinajstić information content (AvgIpc) is 3.43. The highest BCUT2D eigenvalue weighted by molar-refractivity contribution is 7.79. The van der Waals surface area contributed by atoms with Crippen LogP contribution in [0.1, 0.15) is 37.7 Å². The van der Waals surface area contributed by atoms with Gasteiger partial charge in [0.15, 0.2) is 11.1 Å². The SMILES string of the molecule is C/C=C(\C)c1ccc(-c2ccc(-c3cnc([C@@H]4C[C@H](S(=O)O)CN4)[nH]3)cc2)cc1. The molecular formula is C23H25N3O2S. The van der Waals surface area contributed by atoms with Crippen LogP contribution in [0.2, 0.25) is 0 Å². The van der Waals surface area contributed by atoms with E-state index in [9.17, 15) is 8.76 Å². The van der Waals surface area contributed by atoms with Gasteiger partial charge in [-0.1, -0.05) is 54.6 Å². The zero-order valence-electron chi connectivity index (χ0n) is 16.6. The number of aromatic amines is 1. The van der Waals surface area contributed by atoms with E-state index in [0.29, 0.717) is 13.0 Å². The average molecular weight is 408 g/mol. The predicted octanol–water partition coefficient (Wildman–Crippen LogP) is 4.79. The molecule has 3 aromatic rings. The number of H-pyrrole nitrogens is 1. The third-order valence-electron chi connectivity index (χ3n) is 5.60. The second kappa shape index (κ2) is 8.45. The summed E-state index contributed by atoms with van der Waals surface area (Å²) in [5, 5.41) is 3.03. The first-order chi connectivity index (χ1) is 14.0. The molecule has 1 unspecified atom stereocenters. The van der Waals surface area contributed by atoms with Crippen LogP contribution in [0.3, 0.4) is 0 Å². The predicted molar refractivity (Wildman–Crippen MR) is 119 cm³/mol. The van der Waals surface area contributed by atoms with E-state index in [1.54, 1.807) is 0 Å². The summed E-state index contributed by atoms with van der Waals surface area (Å²) in [6.07, 6.45) is 4.55. The number of aromatic nitrogens is 2. The van der Waals surface area contributed by atoms with E-state index < -0.39 is 11.1 Å². The number of nitrogens with one attached hydrogen (secondary N) is 2. The first-order valence-electron chi connectivity index (χ1n) is 9.77. The quantitative estimate of drug-likeness (QED) is 0.531. The molecule has 1 aliphatic rings. The summed E-state index contributed by atoms with van der Waals surface area (Å²) in [5.74, 6) is 0.812. The van der Waals surface area contributed by atoms with Crippen molar-refractivity contribution in [2.24, 2.45) is 0 Å². The summed E-state index contributed by atoms with van der Waals surface area (Å²) in [7, 11) is 0. The van der Waals surface area contributed by atoms with Crippen LogP contribution in [0.25, 0.3) is 28.0 Å². The summed E-state index contributed by atoms with van der Waals surface area (Å²) in [6, 6.07) is 17.0. The minimum absolute atomic E-state index is 0.0109. The maximum Gasteiger partial charge on any atom is 0.157 e. The Labute approximate surface area is 173 Å². The number of allylic oxidation sites excluding steroid dienone is 2. The van der Waals surface area contributed by atoms with E-state index in [0.717, 1.165) is 17.1 Å². The number of benzene rings is 2. The Morgan fingerprint density at radius 3 is 2.31 bits per heavy atom. The third-order valence-corrected chi connectivity index (χ3v) is 6.53. The van der Waals surface area contributed by atoms with E-state index in [4.69, 9.17) is 0 Å². The maximum atomic E-state index is 11.3. The smallest absolute Gasteiger partial charge is 0.157 e. The Morgan fingerprint density at radius 2 is 1.72 bits per heavy atom. The van der Waals surface area contributed by atoms with Gasteiger partial charge in [-0.05, 0) is 48.1 Å². The fourth-order valence-electron chi connectivity index (χ4n) is 3.66. The fourth-order valence-corrected chi connectivity index (χ4v) is 4.26. The number of nitrogens with zero attached hydrogens (tertiary/aromatic N) is 1. The second-order valence-corrected chi connectivity index (χ2v) is 8.62. The van der Waals surface area contributed by atoms with Crippen LogP contribution in [0.5, 0.6) is 0 Å². The lowest BCUT2D eigenvalue weighted by Crippen LogP contribution is -2.18. The molecule has 4 rings (SSSR count). The Bertz CT molecular complexity index is 1040. The molecule has 0 amide bonds. The van der Waals surface area contributed by atoms with E-state index in [1.807, 2.05) is 6.20 Å². The largest absolute Gasteiger partial charge is 0.341 e. The molecule has 2 heterocycles. The van der Waals surface area contributed by atoms with Crippen LogP contribution in [-0.2, 0) is 11.1 Å². The molecule has 150 valence electrons. The van der Waals surface area contributed by atoms with Crippen molar-refractivity contribution in [3.63, 3.8) is 0 Å². The molecule has 0 spiro atoms. The van der Waals surface area contributed by atoms with Gasteiger partial charge in [0.05, 0.1) is 23.2 Å². The van der Waals surface area contributed by atoms with Crippen molar-refractivity contribution in [2.75, 3.05) is 6.54 Å². The van der Waals surface area contributed by atoms with E-state index in [1.165, 1.54) is 22.3 Å². The van der Waals surface area contributed by atoms with Crippen LogP contribution < -0.4 is 5.32 Å². The number of rotatable bonds is 5. The summed E-state index contributed by atoms with van der Waals surface area (Å²) < 4.78 is 20.5. The van der Waals surface area contributed by atoms with Gasteiger partial charge in [0.25, 0.3) is 0 Å². The monoisotopic (exact) mass is 407 g/mol. The molecular weight excluding hydrogens is 382 g/mol. The molecule has 6 heteroatoms. The highest BCUT2D eigenvalue weighted by Crippen LogP contribution is 2.28. The Morgan fingerprint density at radius 1 is 1.10 bits per heavy atom. The maximum absolute atomic E-state index is 11.3. The minimum Gasteiger partial charge on any atom is -0.341 e. The van der Waals surface area contributed by atoms with Gasteiger partial charge >= 0.3 is 0 Å². The molecule has 5 nitrogen and oxygen atoms in total. The van der Waals surface area contributed by atoms with E-state index >= 15 is 0 Å².